The molecule has 0 saturated heterocycles. The van der Waals surface area contributed by atoms with Crippen molar-refractivity contribution in [1.29, 1.82) is 0 Å². The van der Waals surface area contributed by atoms with Crippen molar-refractivity contribution in [2.24, 2.45) is 0 Å². The van der Waals surface area contributed by atoms with Crippen LogP contribution in [0, 0.1) is 0 Å². The highest BCUT2D eigenvalue weighted by molar-refractivity contribution is 14.1. The molecule has 1 fully saturated rings. The van der Waals surface area contributed by atoms with Gasteiger partial charge in [0.1, 0.15) is 0 Å². The van der Waals surface area contributed by atoms with E-state index in [1.54, 1.807) is 0 Å². The topological polar surface area (TPSA) is 17.1 Å². The van der Waals surface area contributed by atoms with Crippen molar-refractivity contribution >= 4 is 28.4 Å². The molecule has 1 nitrogen and oxygen atoms in total. The van der Waals surface area contributed by atoms with Gasteiger partial charge in [-0.3, -0.25) is 4.79 Å². The van der Waals surface area contributed by atoms with Crippen molar-refractivity contribution in [3.63, 3.8) is 0 Å². The van der Waals surface area contributed by atoms with Crippen molar-refractivity contribution in [2.75, 3.05) is 0 Å². The van der Waals surface area contributed by atoms with Crippen LogP contribution in [0.4, 0.5) is 0 Å². The van der Waals surface area contributed by atoms with E-state index in [2.05, 4.69) is 22.6 Å². The van der Waals surface area contributed by atoms with E-state index < -0.39 is 0 Å². The number of carbonyl (C=O) groups excluding carboxylic acids is 1. The maximum absolute atomic E-state index is 10.4. The lowest BCUT2D eigenvalue weighted by atomic mass is 9.93. The van der Waals surface area contributed by atoms with Crippen LogP contribution >= 0.6 is 22.6 Å². The quantitative estimate of drug-likeness (QED) is 0.437. The molecule has 1 saturated carbocycles. The molecule has 0 heterocycles. The first kappa shape index (κ1) is 5.28. The number of Topliss-reactive ketones (excluding diaryl/α,β-unsaturated/α-hetero) is 1. The van der Waals surface area contributed by atoms with Crippen molar-refractivity contribution in [1.82, 2.24) is 0 Å². The predicted molar refractivity (Wildman–Crippen MR) is 36.3 cm³/mol. The van der Waals surface area contributed by atoms with Gasteiger partial charge < -0.3 is 0 Å². The number of rotatable bonds is 0. The van der Waals surface area contributed by atoms with Crippen molar-refractivity contribution < 1.29 is 4.79 Å². The summed E-state index contributed by atoms with van der Waals surface area (Å²) < 4.78 is 1.86. The van der Waals surface area contributed by atoms with E-state index in [9.17, 15) is 4.79 Å². The van der Waals surface area contributed by atoms with Crippen LogP contribution in [0.15, 0.2) is 9.66 Å². The van der Waals surface area contributed by atoms with Gasteiger partial charge in [-0.1, -0.05) is 22.6 Å². The Labute approximate surface area is 55.9 Å². The van der Waals surface area contributed by atoms with Crippen LogP contribution in [0.1, 0.15) is 12.8 Å². The van der Waals surface area contributed by atoms with Gasteiger partial charge in [0.15, 0.2) is 5.78 Å². The first-order chi connectivity index (χ1) is 3.34. The first-order valence-corrected chi connectivity index (χ1v) is 3.41. The maximum Gasteiger partial charge on any atom is 0.159 e. The summed E-state index contributed by atoms with van der Waals surface area (Å²) >= 11 is 2.10. The molecule has 0 radical (unpaired) electrons. The van der Waals surface area contributed by atoms with E-state index in [-0.39, 0.29) is 0 Å². The van der Waals surface area contributed by atoms with Crippen LogP contribution in [0.25, 0.3) is 0 Å². The van der Waals surface area contributed by atoms with E-state index in [1.165, 1.54) is 0 Å². The second-order valence-electron chi connectivity index (χ2n) is 1.56. The van der Waals surface area contributed by atoms with E-state index in [0.29, 0.717) is 5.78 Å². The van der Waals surface area contributed by atoms with Gasteiger partial charge >= 0.3 is 0 Å². The molecule has 1 aliphatic carbocycles. The highest BCUT2D eigenvalue weighted by atomic mass is 127. The Bertz CT molecular complexity index is 126. The largest absolute Gasteiger partial charge is 0.295 e. The van der Waals surface area contributed by atoms with Gasteiger partial charge in [-0.15, -0.1) is 0 Å². The maximum atomic E-state index is 10.4. The fraction of sp³-hybridized carbons (Fsp3) is 0.400. The highest BCUT2D eigenvalue weighted by Gasteiger charge is 2.18. The lowest BCUT2D eigenvalue weighted by molar-refractivity contribution is -0.118. The minimum atomic E-state index is 0.328. The van der Waals surface area contributed by atoms with Gasteiger partial charge in [0.25, 0.3) is 0 Å². The van der Waals surface area contributed by atoms with Gasteiger partial charge in [0.05, 0.1) is 0 Å². The molecule has 1 rings (SSSR count). The number of halogens is 1. The molecule has 0 aromatic rings. The minimum absolute atomic E-state index is 0.328. The predicted octanol–water partition coefficient (Wildman–Crippen LogP) is 1.67. The zero-order valence-electron chi connectivity index (χ0n) is 3.78. The molecular weight excluding hydrogens is 203 g/mol. The van der Waals surface area contributed by atoms with Gasteiger partial charge in [-0.2, -0.15) is 0 Å². The summed E-state index contributed by atoms with van der Waals surface area (Å²) in [6, 6.07) is 0. The normalized spacial score (nSPS) is 25.3. The molecule has 0 aliphatic heterocycles. The second-order valence-corrected chi connectivity index (χ2v) is 2.18. The minimum Gasteiger partial charge on any atom is -0.295 e. The van der Waals surface area contributed by atoms with E-state index in [0.717, 1.165) is 18.4 Å². The molecule has 7 heavy (non-hydrogen) atoms. The van der Waals surface area contributed by atoms with Crippen molar-refractivity contribution in [2.45, 2.75) is 12.8 Å². The molecule has 0 aromatic heterocycles. The Morgan fingerprint density at radius 1 is 1.57 bits per heavy atom. The Balaban J connectivity index is 2.61. The van der Waals surface area contributed by atoms with Crippen LogP contribution in [-0.2, 0) is 4.79 Å². The molecule has 0 amide bonds. The molecule has 0 bridgehead atoms. The summed E-state index contributed by atoms with van der Waals surface area (Å²) in [5, 5.41) is 0. The number of hydrogen-bond acceptors (Lipinski definition) is 1. The van der Waals surface area contributed by atoms with Gasteiger partial charge in [-0.05, 0) is 10.5 Å². The summed E-state index contributed by atoms with van der Waals surface area (Å²) in [6.07, 6.45) is 1.77. The highest BCUT2D eigenvalue weighted by Crippen LogP contribution is 2.21. The molecule has 0 N–H and O–H groups in total. The summed E-state index contributed by atoms with van der Waals surface area (Å²) in [4.78, 5) is 10.4. The molecule has 0 unspecified atom stereocenters. The Kier molecular flexibility index (Phi) is 1.46. The van der Waals surface area contributed by atoms with Gasteiger partial charge in [0.2, 0.25) is 0 Å². The third kappa shape index (κ3) is 0.848. The van der Waals surface area contributed by atoms with Crippen LogP contribution in [0.5, 0.6) is 0 Å². The summed E-state index contributed by atoms with van der Waals surface area (Å²) in [7, 11) is 0. The lowest BCUT2D eigenvalue weighted by Gasteiger charge is -2.11. The third-order valence-electron chi connectivity index (χ3n) is 1.11. The second kappa shape index (κ2) is 1.94. The van der Waals surface area contributed by atoms with Crippen LogP contribution in [0.3, 0.4) is 0 Å². The fourth-order valence-corrected chi connectivity index (χ4v) is 1.15. The SMILES string of the molecule is O=C1CC/C1=C\I. The number of carbonyl (C=O) groups is 1. The number of ketones is 1. The summed E-state index contributed by atoms with van der Waals surface area (Å²) in [6.45, 7) is 0. The van der Waals surface area contributed by atoms with E-state index >= 15 is 0 Å². The monoisotopic (exact) mass is 208 g/mol. The van der Waals surface area contributed by atoms with Crippen molar-refractivity contribution in [3.8, 4) is 0 Å². The van der Waals surface area contributed by atoms with E-state index in [1.807, 2.05) is 4.08 Å². The van der Waals surface area contributed by atoms with Crippen LogP contribution in [-0.4, -0.2) is 5.78 Å². The molecule has 2 heteroatoms. The van der Waals surface area contributed by atoms with Gasteiger partial charge in [0, 0.05) is 12.0 Å². The smallest absolute Gasteiger partial charge is 0.159 e. The molecule has 0 aromatic carbocycles. The molecule has 1 aliphatic rings. The fourth-order valence-electron chi connectivity index (χ4n) is 0.487. The van der Waals surface area contributed by atoms with Crippen molar-refractivity contribution in [3.05, 3.63) is 9.66 Å². The standard InChI is InChI=1S/C5H5IO/c6-3-4-1-2-5(4)7/h3H,1-2H2/b4-3+. The Morgan fingerprint density at radius 2 is 2.29 bits per heavy atom. The first-order valence-electron chi connectivity index (χ1n) is 2.17. The average molecular weight is 208 g/mol. The lowest BCUT2D eigenvalue weighted by Crippen LogP contribution is -2.12. The molecular formula is C5H5IO. The van der Waals surface area contributed by atoms with Gasteiger partial charge in [-0.25, -0.2) is 0 Å². The Morgan fingerprint density at radius 3 is 2.29 bits per heavy atom. The zero-order chi connectivity index (χ0) is 5.28. The molecule has 0 spiro atoms. The van der Waals surface area contributed by atoms with Crippen LogP contribution in [0.2, 0.25) is 0 Å². The number of allylic oxidation sites excluding steroid dienone is 1. The summed E-state index contributed by atoms with van der Waals surface area (Å²) in [5.41, 5.74) is 1.00. The van der Waals surface area contributed by atoms with E-state index in [4.69, 9.17) is 0 Å². The molecule has 38 valence electrons. The Hall–Kier alpha value is 0.140. The average Bonchev–Trinajstić information content (AvgIpc) is 1.65. The van der Waals surface area contributed by atoms with Crippen LogP contribution < -0.4 is 0 Å². The summed E-state index contributed by atoms with van der Waals surface area (Å²) in [5.74, 6) is 0.328. The zero-order valence-corrected chi connectivity index (χ0v) is 5.94. The molecule has 0 atom stereocenters. The number of hydrogen-bond donors (Lipinski definition) is 0. The third-order valence-corrected chi connectivity index (χ3v) is 1.86.